The van der Waals surface area contributed by atoms with Crippen LogP contribution in [-0.2, 0) is 9.59 Å². The number of imide groups is 1. The number of hydrogen-bond donors (Lipinski definition) is 0. The summed E-state index contributed by atoms with van der Waals surface area (Å²) in [7, 11) is 0. The van der Waals surface area contributed by atoms with Gasteiger partial charge in [-0.2, -0.15) is 5.26 Å². The second-order valence-corrected chi connectivity index (χ2v) is 4.61. The Kier molecular flexibility index (Phi) is 3.63. The van der Waals surface area contributed by atoms with Crippen molar-refractivity contribution in [2.75, 3.05) is 4.90 Å². The number of rotatable bonds is 2. The molecule has 2 amide bonds. The monoisotopic (exact) mass is 275 g/mol. The predicted octanol–water partition coefficient (Wildman–Crippen LogP) is 1.92. The number of pyridine rings is 1. The number of halogens is 1. The van der Waals surface area contributed by atoms with Crippen molar-refractivity contribution in [2.24, 2.45) is 5.92 Å². The maximum absolute atomic E-state index is 12.2. The largest absolute Gasteiger partial charge is 0.273 e. The number of nitrogens with zero attached hydrogens (tertiary/aromatic N) is 3. The molecule has 1 aromatic rings. The zero-order chi connectivity index (χ0) is 14.0. The molecule has 2 rings (SSSR count). The number of nitriles is 1. The Morgan fingerprint density at radius 3 is 2.84 bits per heavy atom. The van der Waals surface area contributed by atoms with Crippen LogP contribution in [0.15, 0.2) is 29.6 Å². The number of carbonyl (C=O) groups is 2. The van der Waals surface area contributed by atoms with E-state index in [1.165, 1.54) is 12.3 Å². The average molecular weight is 276 g/mol. The molecule has 19 heavy (non-hydrogen) atoms. The molecule has 5 nitrogen and oxygen atoms in total. The van der Waals surface area contributed by atoms with Crippen molar-refractivity contribution >= 4 is 29.1 Å². The fourth-order valence-electron chi connectivity index (χ4n) is 1.86. The van der Waals surface area contributed by atoms with Crippen LogP contribution in [-0.4, -0.2) is 16.8 Å². The summed E-state index contributed by atoms with van der Waals surface area (Å²) < 4.78 is 0. The van der Waals surface area contributed by atoms with Gasteiger partial charge in [-0.05, 0) is 18.6 Å². The molecule has 1 unspecified atom stereocenters. The van der Waals surface area contributed by atoms with Crippen LogP contribution in [0, 0.1) is 24.2 Å². The summed E-state index contributed by atoms with van der Waals surface area (Å²) in [6.07, 6.45) is 4.17. The number of amides is 2. The van der Waals surface area contributed by atoms with E-state index < -0.39 is 17.7 Å². The van der Waals surface area contributed by atoms with Crippen molar-refractivity contribution in [1.29, 1.82) is 5.26 Å². The molecular formula is C13H10ClN3O2. The van der Waals surface area contributed by atoms with E-state index >= 15 is 0 Å². The highest BCUT2D eigenvalue weighted by Crippen LogP contribution is 2.29. The zero-order valence-electron chi connectivity index (χ0n) is 10.1. The van der Waals surface area contributed by atoms with Crippen molar-refractivity contribution in [1.82, 2.24) is 4.98 Å². The van der Waals surface area contributed by atoms with Gasteiger partial charge in [-0.25, -0.2) is 4.90 Å². The van der Waals surface area contributed by atoms with E-state index in [4.69, 9.17) is 16.9 Å². The molecule has 0 aliphatic carbocycles. The predicted molar refractivity (Wildman–Crippen MR) is 69.1 cm³/mol. The second-order valence-electron chi connectivity index (χ2n) is 4.18. The molecule has 0 saturated heterocycles. The number of aryl methyl sites for hydroxylation is 1. The van der Waals surface area contributed by atoms with Crippen molar-refractivity contribution in [3.05, 3.63) is 35.1 Å². The Hall–Kier alpha value is -2.19. The molecule has 1 aliphatic heterocycles. The van der Waals surface area contributed by atoms with Crippen molar-refractivity contribution in [3.63, 3.8) is 0 Å². The molecule has 0 fully saturated rings. The minimum atomic E-state index is -0.787. The maximum atomic E-state index is 12.2. The highest BCUT2D eigenvalue weighted by Gasteiger charge is 2.36. The van der Waals surface area contributed by atoms with Gasteiger partial charge in [0.1, 0.15) is 0 Å². The van der Waals surface area contributed by atoms with Crippen LogP contribution in [0.5, 0.6) is 0 Å². The Labute approximate surface area is 115 Å². The van der Waals surface area contributed by atoms with Gasteiger partial charge >= 0.3 is 0 Å². The first-order valence-corrected chi connectivity index (χ1v) is 5.96. The molecule has 2 heterocycles. The second kappa shape index (κ2) is 5.21. The summed E-state index contributed by atoms with van der Waals surface area (Å²) in [5.41, 5.74) is 1.22. The van der Waals surface area contributed by atoms with E-state index in [1.54, 1.807) is 12.3 Å². The van der Waals surface area contributed by atoms with Crippen LogP contribution in [0.3, 0.4) is 0 Å². The lowest BCUT2D eigenvalue weighted by molar-refractivity contribution is -0.126. The minimum absolute atomic E-state index is 0.0583. The SMILES string of the molecule is Cc1cncc(N2C(=O)C=C(Cl)C(CC#N)C2=O)c1. The molecule has 0 N–H and O–H groups in total. The molecule has 0 bridgehead atoms. The first-order chi connectivity index (χ1) is 9.04. The number of hydrogen-bond acceptors (Lipinski definition) is 4. The third-order valence-electron chi connectivity index (χ3n) is 2.75. The number of aromatic nitrogens is 1. The molecule has 6 heteroatoms. The number of anilines is 1. The van der Waals surface area contributed by atoms with Crippen LogP contribution in [0.2, 0.25) is 0 Å². The van der Waals surface area contributed by atoms with Gasteiger partial charge in [-0.3, -0.25) is 14.6 Å². The van der Waals surface area contributed by atoms with Gasteiger partial charge in [0, 0.05) is 17.3 Å². The third kappa shape index (κ3) is 2.49. The minimum Gasteiger partial charge on any atom is -0.273 e. The van der Waals surface area contributed by atoms with Gasteiger partial charge in [0.05, 0.1) is 30.3 Å². The molecule has 1 aliphatic rings. The summed E-state index contributed by atoms with van der Waals surface area (Å²) >= 11 is 5.86. The van der Waals surface area contributed by atoms with E-state index in [1.807, 2.05) is 13.0 Å². The van der Waals surface area contributed by atoms with E-state index in [0.29, 0.717) is 5.69 Å². The highest BCUT2D eigenvalue weighted by molar-refractivity contribution is 6.37. The molecule has 1 atom stereocenters. The van der Waals surface area contributed by atoms with Gasteiger partial charge in [0.15, 0.2) is 0 Å². The molecule has 0 saturated carbocycles. The van der Waals surface area contributed by atoms with E-state index in [-0.39, 0.29) is 11.5 Å². The molecule has 1 aromatic heterocycles. The quantitative estimate of drug-likeness (QED) is 0.773. The summed E-state index contributed by atoms with van der Waals surface area (Å²) in [6.45, 7) is 1.81. The summed E-state index contributed by atoms with van der Waals surface area (Å²) in [5, 5.41) is 8.82. The summed E-state index contributed by atoms with van der Waals surface area (Å²) in [4.78, 5) is 29.1. The Morgan fingerprint density at radius 2 is 2.21 bits per heavy atom. The van der Waals surface area contributed by atoms with E-state index in [2.05, 4.69) is 4.98 Å². The van der Waals surface area contributed by atoms with Crippen LogP contribution in [0.1, 0.15) is 12.0 Å². The lowest BCUT2D eigenvalue weighted by Gasteiger charge is -2.27. The Bertz CT molecular complexity index is 619. The maximum Gasteiger partial charge on any atom is 0.259 e. The summed E-state index contributed by atoms with van der Waals surface area (Å²) in [5.74, 6) is -1.80. The van der Waals surface area contributed by atoms with Gasteiger partial charge in [0.25, 0.3) is 5.91 Å². The van der Waals surface area contributed by atoms with Crippen molar-refractivity contribution in [3.8, 4) is 6.07 Å². The Morgan fingerprint density at radius 1 is 1.47 bits per heavy atom. The van der Waals surface area contributed by atoms with Crippen LogP contribution < -0.4 is 4.90 Å². The third-order valence-corrected chi connectivity index (χ3v) is 3.12. The summed E-state index contributed by atoms with van der Waals surface area (Å²) in [6, 6.07) is 3.58. The smallest absolute Gasteiger partial charge is 0.259 e. The van der Waals surface area contributed by atoms with Gasteiger partial charge < -0.3 is 0 Å². The standard InChI is InChI=1S/C13H10ClN3O2/c1-8-4-9(7-16-6-8)17-12(18)5-11(14)10(2-3-15)13(17)19/h4-7,10H,2H2,1H3. The average Bonchev–Trinajstić information content (AvgIpc) is 2.34. The molecule has 96 valence electrons. The lowest BCUT2D eigenvalue weighted by atomic mass is 9.99. The molecular weight excluding hydrogens is 266 g/mol. The van der Waals surface area contributed by atoms with Gasteiger partial charge in [-0.15, -0.1) is 0 Å². The van der Waals surface area contributed by atoms with Gasteiger partial charge in [0.2, 0.25) is 5.91 Å². The first-order valence-electron chi connectivity index (χ1n) is 5.58. The Balaban J connectivity index is 2.44. The molecule has 0 spiro atoms. The van der Waals surface area contributed by atoms with E-state index in [0.717, 1.165) is 10.5 Å². The molecule has 0 aromatic carbocycles. The van der Waals surface area contributed by atoms with Crippen LogP contribution in [0.4, 0.5) is 5.69 Å². The van der Waals surface area contributed by atoms with Crippen molar-refractivity contribution in [2.45, 2.75) is 13.3 Å². The highest BCUT2D eigenvalue weighted by atomic mass is 35.5. The lowest BCUT2D eigenvalue weighted by Crippen LogP contribution is -2.43. The van der Waals surface area contributed by atoms with Crippen LogP contribution >= 0.6 is 11.6 Å². The zero-order valence-corrected chi connectivity index (χ0v) is 10.9. The normalized spacial score (nSPS) is 19.1. The fourth-order valence-corrected chi connectivity index (χ4v) is 2.12. The fraction of sp³-hybridized carbons (Fsp3) is 0.231. The first kappa shape index (κ1) is 13.2. The number of carbonyl (C=O) groups excluding carboxylic acids is 2. The van der Waals surface area contributed by atoms with Gasteiger partial charge in [-0.1, -0.05) is 11.6 Å². The molecule has 0 radical (unpaired) electrons. The van der Waals surface area contributed by atoms with Crippen LogP contribution in [0.25, 0.3) is 0 Å². The van der Waals surface area contributed by atoms with E-state index in [9.17, 15) is 9.59 Å². The van der Waals surface area contributed by atoms with Crippen molar-refractivity contribution < 1.29 is 9.59 Å². The topological polar surface area (TPSA) is 74.1 Å².